The smallest absolute Gasteiger partial charge is 0.299 e. The van der Waals surface area contributed by atoms with Crippen LogP contribution < -0.4 is 4.74 Å². The van der Waals surface area contributed by atoms with Crippen molar-refractivity contribution in [3.05, 3.63) is 6.20 Å². The molecular formula is C9H14N2O2S. The van der Waals surface area contributed by atoms with E-state index in [2.05, 4.69) is 25.8 Å². The van der Waals surface area contributed by atoms with E-state index in [0.717, 1.165) is 5.16 Å². The summed E-state index contributed by atoms with van der Waals surface area (Å²) >= 11 is 1.63. The van der Waals surface area contributed by atoms with Crippen molar-refractivity contribution < 1.29 is 9.53 Å². The van der Waals surface area contributed by atoms with Crippen molar-refractivity contribution in [2.45, 2.75) is 30.7 Å². The summed E-state index contributed by atoms with van der Waals surface area (Å²) in [6.07, 6.45) is 1.54. The third-order valence-corrected chi connectivity index (χ3v) is 2.64. The molecule has 0 aliphatic carbocycles. The fourth-order valence-corrected chi connectivity index (χ4v) is 1.79. The van der Waals surface area contributed by atoms with Crippen LogP contribution >= 0.6 is 11.8 Å². The summed E-state index contributed by atoms with van der Waals surface area (Å²) in [5.41, 5.74) is 0. The van der Waals surface area contributed by atoms with Crippen molar-refractivity contribution in [2.75, 3.05) is 0 Å². The number of rotatable bonds is 3. The molecule has 0 saturated carbocycles. The van der Waals surface area contributed by atoms with Gasteiger partial charge in [0.2, 0.25) is 5.88 Å². The average Bonchev–Trinajstić information content (AvgIpc) is 2.34. The highest BCUT2D eigenvalue weighted by atomic mass is 32.2. The summed E-state index contributed by atoms with van der Waals surface area (Å²) in [6, 6.07) is 0. The Morgan fingerprint density at radius 3 is 2.71 bits per heavy atom. The van der Waals surface area contributed by atoms with Gasteiger partial charge in [-0.3, -0.25) is 9.36 Å². The average molecular weight is 214 g/mol. The number of nitrogens with zero attached hydrogens (tertiary/aromatic N) is 2. The molecule has 0 bridgehead atoms. The van der Waals surface area contributed by atoms with E-state index < -0.39 is 0 Å². The van der Waals surface area contributed by atoms with E-state index in [9.17, 15) is 4.79 Å². The number of thioether (sulfide) groups is 1. The van der Waals surface area contributed by atoms with Crippen molar-refractivity contribution in [1.82, 2.24) is 9.55 Å². The standard InChI is InChI=1S/C9H14N2O2S/c1-9(2,3)14-8-10-5-7(11(8)4)13-6-12/h5-6H,1-4H3. The van der Waals surface area contributed by atoms with Crippen LogP contribution in [0.4, 0.5) is 0 Å². The van der Waals surface area contributed by atoms with Gasteiger partial charge in [-0.05, 0) is 0 Å². The second-order valence-electron chi connectivity index (χ2n) is 3.87. The molecule has 0 N–H and O–H groups in total. The zero-order chi connectivity index (χ0) is 10.8. The summed E-state index contributed by atoms with van der Waals surface area (Å²) in [5, 5.41) is 0.842. The highest BCUT2D eigenvalue weighted by Crippen LogP contribution is 2.32. The minimum atomic E-state index is 0.0948. The van der Waals surface area contributed by atoms with Crippen LogP contribution in [0, 0.1) is 0 Å². The van der Waals surface area contributed by atoms with Gasteiger partial charge in [-0.1, -0.05) is 32.5 Å². The zero-order valence-electron chi connectivity index (χ0n) is 8.77. The van der Waals surface area contributed by atoms with Crippen molar-refractivity contribution in [3.63, 3.8) is 0 Å². The quantitative estimate of drug-likeness (QED) is 0.569. The molecule has 4 nitrogen and oxygen atoms in total. The topological polar surface area (TPSA) is 44.1 Å². The first-order chi connectivity index (χ1) is 6.44. The number of aromatic nitrogens is 2. The maximum Gasteiger partial charge on any atom is 0.299 e. The summed E-state index contributed by atoms with van der Waals surface area (Å²) in [4.78, 5) is 14.3. The van der Waals surface area contributed by atoms with E-state index in [1.54, 1.807) is 22.5 Å². The van der Waals surface area contributed by atoms with Crippen LogP contribution in [-0.4, -0.2) is 20.8 Å². The lowest BCUT2D eigenvalue weighted by Crippen LogP contribution is -2.09. The fraction of sp³-hybridized carbons (Fsp3) is 0.556. The molecule has 0 radical (unpaired) electrons. The molecule has 78 valence electrons. The number of carbonyl (C=O) groups excluding carboxylic acids is 1. The van der Waals surface area contributed by atoms with Gasteiger partial charge in [-0.2, -0.15) is 0 Å². The van der Waals surface area contributed by atoms with Gasteiger partial charge in [-0.25, -0.2) is 4.98 Å². The molecule has 14 heavy (non-hydrogen) atoms. The first-order valence-electron chi connectivity index (χ1n) is 4.25. The molecule has 5 heteroatoms. The first-order valence-corrected chi connectivity index (χ1v) is 5.07. The molecule has 0 unspecified atom stereocenters. The molecule has 1 aromatic heterocycles. The van der Waals surface area contributed by atoms with Crippen LogP contribution in [0.1, 0.15) is 20.8 Å². The van der Waals surface area contributed by atoms with Crippen LogP contribution in [0.25, 0.3) is 0 Å². The highest BCUT2D eigenvalue weighted by molar-refractivity contribution is 8.00. The van der Waals surface area contributed by atoms with Gasteiger partial charge in [0.05, 0.1) is 6.20 Å². The predicted octanol–water partition coefficient (Wildman–Crippen LogP) is 1.85. The molecule has 0 atom stereocenters. The predicted molar refractivity (Wildman–Crippen MR) is 55.5 cm³/mol. The third kappa shape index (κ3) is 2.77. The Labute approximate surface area is 87.7 Å². The van der Waals surface area contributed by atoms with E-state index in [-0.39, 0.29) is 4.75 Å². The Bertz CT molecular complexity index is 328. The van der Waals surface area contributed by atoms with Crippen molar-refractivity contribution in [2.24, 2.45) is 7.05 Å². The van der Waals surface area contributed by atoms with Crippen LogP contribution in [-0.2, 0) is 11.8 Å². The Hall–Kier alpha value is -0.970. The SMILES string of the molecule is Cn1c(OC=O)cnc1SC(C)(C)C. The minimum absolute atomic E-state index is 0.0948. The number of imidazole rings is 1. The number of hydrogen-bond donors (Lipinski definition) is 0. The summed E-state index contributed by atoms with van der Waals surface area (Å²) < 4.78 is 6.59. The molecule has 0 aliphatic rings. The van der Waals surface area contributed by atoms with Crippen molar-refractivity contribution in [1.29, 1.82) is 0 Å². The third-order valence-electron chi connectivity index (χ3n) is 1.47. The zero-order valence-corrected chi connectivity index (χ0v) is 9.59. The fourth-order valence-electron chi connectivity index (χ4n) is 0.905. The highest BCUT2D eigenvalue weighted by Gasteiger charge is 2.17. The summed E-state index contributed by atoms with van der Waals surface area (Å²) in [6.45, 7) is 6.72. The lowest BCUT2D eigenvalue weighted by molar-refractivity contribution is -0.121. The van der Waals surface area contributed by atoms with Crippen LogP contribution in [0.15, 0.2) is 11.4 Å². The van der Waals surface area contributed by atoms with E-state index >= 15 is 0 Å². The molecular weight excluding hydrogens is 200 g/mol. The monoisotopic (exact) mass is 214 g/mol. The van der Waals surface area contributed by atoms with Gasteiger partial charge < -0.3 is 4.74 Å². The molecule has 0 aliphatic heterocycles. The molecule has 1 aromatic rings. The van der Waals surface area contributed by atoms with Gasteiger partial charge in [0.25, 0.3) is 6.47 Å². The van der Waals surface area contributed by atoms with Gasteiger partial charge in [0.1, 0.15) is 0 Å². The lowest BCUT2D eigenvalue weighted by atomic mass is 10.3. The van der Waals surface area contributed by atoms with Gasteiger partial charge in [0.15, 0.2) is 5.16 Å². The number of hydrogen-bond acceptors (Lipinski definition) is 4. The number of carbonyl (C=O) groups is 1. The second kappa shape index (κ2) is 4.04. The van der Waals surface area contributed by atoms with E-state index in [1.165, 1.54) is 0 Å². The van der Waals surface area contributed by atoms with E-state index in [1.807, 2.05) is 7.05 Å². The van der Waals surface area contributed by atoms with Crippen LogP contribution in [0.3, 0.4) is 0 Å². The molecule has 0 aromatic carbocycles. The molecule has 0 saturated heterocycles. The lowest BCUT2D eigenvalue weighted by Gasteiger charge is -2.16. The normalized spacial score (nSPS) is 11.4. The summed E-state index contributed by atoms with van der Waals surface area (Å²) in [5.74, 6) is 0.465. The van der Waals surface area contributed by atoms with E-state index in [0.29, 0.717) is 12.4 Å². The van der Waals surface area contributed by atoms with E-state index in [4.69, 9.17) is 4.74 Å². The second-order valence-corrected chi connectivity index (χ2v) is 5.66. The first kappa shape index (κ1) is 11.1. The molecule has 0 amide bonds. The molecule has 1 heterocycles. The van der Waals surface area contributed by atoms with Crippen LogP contribution in [0.2, 0.25) is 0 Å². The van der Waals surface area contributed by atoms with Crippen molar-refractivity contribution >= 4 is 18.2 Å². The van der Waals surface area contributed by atoms with Gasteiger partial charge in [-0.15, -0.1) is 0 Å². The van der Waals surface area contributed by atoms with Crippen LogP contribution in [0.5, 0.6) is 5.88 Å². The maximum atomic E-state index is 10.2. The minimum Gasteiger partial charge on any atom is -0.410 e. The Balaban J connectivity index is 2.84. The Morgan fingerprint density at radius 2 is 2.21 bits per heavy atom. The largest absolute Gasteiger partial charge is 0.410 e. The summed E-state index contributed by atoms with van der Waals surface area (Å²) in [7, 11) is 1.82. The Morgan fingerprint density at radius 1 is 1.57 bits per heavy atom. The number of ether oxygens (including phenoxy) is 1. The maximum absolute atomic E-state index is 10.2. The van der Waals surface area contributed by atoms with Gasteiger partial charge in [0, 0.05) is 11.8 Å². The Kier molecular flexibility index (Phi) is 3.21. The molecule has 0 spiro atoms. The van der Waals surface area contributed by atoms with Gasteiger partial charge >= 0.3 is 0 Å². The molecule has 1 rings (SSSR count). The molecule has 0 fully saturated rings. The van der Waals surface area contributed by atoms with Crippen molar-refractivity contribution in [3.8, 4) is 5.88 Å².